The fourth-order valence-electron chi connectivity index (χ4n) is 4.62. The van der Waals surface area contributed by atoms with Crippen molar-refractivity contribution in [1.82, 2.24) is 20.4 Å². The number of aliphatic imine (C=N–C) groups is 1. The first-order chi connectivity index (χ1) is 15.2. The monoisotopic (exact) mass is 560 g/mol. The SMILES string of the molecule is CCNC(=NCC(c1ccco1)N1CCCCC1)NCCCN1CCCC(C(N)=O)C1.I. The van der Waals surface area contributed by atoms with Crippen LogP contribution in [0.5, 0.6) is 0 Å². The van der Waals surface area contributed by atoms with Crippen LogP contribution in [0.15, 0.2) is 27.8 Å². The molecule has 3 heterocycles. The zero-order valence-electron chi connectivity index (χ0n) is 19.4. The van der Waals surface area contributed by atoms with E-state index in [4.69, 9.17) is 15.1 Å². The Bertz CT molecular complexity index is 678. The maximum atomic E-state index is 11.5. The molecule has 1 amide bonds. The number of halogens is 1. The minimum absolute atomic E-state index is 0. The number of hydrogen-bond donors (Lipinski definition) is 3. The Morgan fingerprint density at radius 1 is 1.25 bits per heavy atom. The van der Waals surface area contributed by atoms with Crippen molar-refractivity contribution in [3.8, 4) is 0 Å². The van der Waals surface area contributed by atoms with Gasteiger partial charge in [-0.25, -0.2) is 0 Å². The smallest absolute Gasteiger partial charge is 0.221 e. The molecule has 1 aromatic heterocycles. The predicted octanol–water partition coefficient (Wildman–Crippen LogP) is 2.57. The molecule has 0 saturated carbocycles. The number of nitrogens with zero attached hydrogens (tertiary/aromatic N) is 3. The van der Waals surface area contributed by atoms with E-state index in [1.807, 2.05) is 6.07 Å². The van der Waals surface area contributed by atoms with Gasteiger partial charge in [-0.1, -0.05) is 6.42 Å². The summed E-state index contributed by atoms with van der Waals surface area (Å²) in [6.45, 7) is 9.46. The normalized spacial score (nSPS) is 21.5. The molecule has 0 aromatic carbocycles. The second-order valence-corrected chi connectivity index (χ2v) is 8.67. The van der Waals surface area contributed by atoms with E-state index in [2.05, 4.69) is 33.4 Å². The summed E-state index contributed by atoms with van der Waals surface area (Å²) >= 11 is 0. The Balaban J connectivity index is 0.00000363. The highest BCUT2D eigenvalue weighted by molar-refractivity contribution is 14.0. The van der Waals surface area contributed by atoms with Gasteiger partial charge in [0.15, 0.2) is 5.96 Å². The van der Waals surface area contributed by atoms with Crippen LogP contribution in [-0.4, -0.2) is 74.0 Å². The Hall–Kier alpha value is -1.33. The van der Waals surface area contributed by atoms with Crippen LogP contribution in [0.4, 0.5) is 0 Å². The third kappa shape index (κ3) is 8.55. The standard InChI is InChI=1S/C23H40N6O2.HI/c1-2-25-23(26-11-8-13-28-12-6-9-19(18-28)22(24)30)27-17-20(21-10-7-16-31-21)29-14-4-3-5-15-29;/h7,10,16,19-20H,2-6,8-9,11-15,17-18H2,1H3,(H2,24,30)(H2,25,26,27);1H. The van der Waals surface area contributed by atoms with Crippen LogP contribution in [0.2, 0.25) is 0 Å². The number of nitrogens with one attached hydrogen (secondary N) is 2. The zero-order valence-corrected chi connectivity index (χ0v) is 21.8. The highest BCUT2D eigenvalue weighted by atomic mass is 127. The predicted molar refractivity (Wildman–Crippen MR) is 139 cm³/mol. The molecule has 0 spiro atoms. The van der Waals surface area contributed by atoms with Crippen LogP contribution >= 0.6 is 24.0 Å². The number of primary amides is 1. The van der Waals surface area contributed by atoms with E-state index in [9.17, 15) is 4.79 Å². The van der Waals surface area contributed by atoms with Gasteiger partial charge < -0.3 is 25.7 Å². The third-order valence-electron chi connectivity index (χ3n) is 6.32. The number of carbonyl (C=O) groups excluding carboxylic acids is 1. The molecule has 3 rings (SSSR count). The number of guanidine groups is 1. The summed E-state index contributed by atoms with van der Waals surface area (Å²) in [6.07, 6.45) is 8.53. The van der Waals surface area contributed by atoms with Gasteiger partial charge in [-0.05, 0) is 77.3 Å². The summed E-state index contributed by atoms with van der Waals surface area (Å²) in [7, 11) is 0. The fourth-order valence-corrected chi connectivity index (χ4v) is 4.62. The van der Waals surface area contributed by atoms with Gasteiger partial charge in [-0.2, -0.15) is 0 Å². The van der Waals surface area contributed by atoms with Crippen LogP contribution in [0.3, 0.4) is 0 Å². The van der Waals surface area contributed by atoms with E-state index in [0.717, 1.165) is 76.8 Å². The quantitative estimate of drug-likeness (QED) is 0.176. The Morgan fingerprint density at radius 2 is 2.06 bits per heavy atom. The summed E-state index contributed by atoms with van der Waals surface area (Å²) in [4.78, 5) is 21.2. The van der Waals surface area contributed by atoms with Gasteiger partial charge in [-0.3, -0.25) is 14.7 Å². The molecule has 4 N–H and O–H groups in total. The minimum Gasteiger partial charge on any atom is -0.468 e. The number of nitrogens with two attached hydrogens (primary N) is 1. The summed E-state index contributed by atoms with van der Waals surface area (Å²) in [5.41, 5.74) is 5.49. The Labute approximate surface area is 209 Å². The average molecular weight is 561 g/mol. The number of furan rings is 1. The summed E-state index contributed by atoms with van der Waals surface area (Å²) in [6, 6.07) is 4.21. The molecule has 2 atom stereocenters. The molecular weight excluding hydrogens is 519 g/mol. The van der Waals surface area contributed by atoms with E-state index < -0.39 is 0 Å². The first-order valence-electron chi connectivity index (χ1n) is 12.0. The maximum absolute atomic E-state index is 11.5. The van der Waals surface area contributed by atoms with Gasteiger partial charge in [0.25, 0.3) is 0 Å². The molecule has 8 nitrogen and oxygen atoms in total. The van der Waals surface area contributed by atoms with E-state index in [1.54, 1.807) is 6.26 Å². The second-order valence-electron chi connectivity index (χ2n) is 8.67. The molecule has 9 heteroatoms. The Kier molecular flexibility index (Phi) is 12.4. The topological polar surface area (TPSA) is 99.1 Å². The lowest BCUT2D eigenvalue weighted by molar-refractivity contribution is -0.123. The minimum atomic E-state index is -0.163. The summed E-state index contributed by atoms with van der Waals surface area (Å²) in [5, 5.41) is 6.83. The Morgan fingerprint density at radius 3 is 2.75 bits per heavy atom. The maximum Gasteiger partial charge on any atom is 0.221 e. The van der Waals surface area contributed by atoms with Crippen molar-refractivity contribution >= 4 is 35.8 Å². The first-order valence-corrected chi connectivity index (χ1v) is 12.0. The van der Waals surface area contributed by atoms with Gasteiger partial charge in [0, 0.05) is 19.6 Å². The van der Waals surface area contributed by atoms with E-state index in [0.29, 0.717) is 6.54 Å². The lowest BCUT2D eigenvalue weighted by Crippen LogP contribution is -2.43. The highest BCUT2D eigenvalue weighted by Crippen LogP contribution is 2.25. The molecule has 0 aliphatic carbocycles. The van der Waals surface area contributed by atoms with Crippen LogP contribution in [0, 0.1) is 5.92 Å². The van der Waals surface area contributed by atoms with Crippen molar-refractivity contribution in [3.63, 3.8) is 0 Å². The van der Waals surface area contributed by atoms with Gasteiger partial charge in [0.2, 0.25) is 5.91 Å². The first kappa shape index (κ1) is 26.9. The van der Waals surface area contributed by atoms with Crippen molar-refractivity contribution in [1.29, 1.82) is 0 Å². The lowest BCUT2D eigenvalue weighted by Gasteiger charge is -2.32. The number of rotatable bonds is 10. The van der Waals surface area contributed by atoms with Crippen molar-refractivity contribution in [2.24, 2.45) is 16.6 Å². The summed E-state index contributed by atoms with van der Waals surface area (Å²) in [5.74, 6) is 1.69. The molecular formula is C23H41IN6O2. The summed E-state index contributed by atoms with van der Waals surface area (Å²) < 4.78 is 5.74. The van der Waals surface area contributed by atoms with Gasteiger partial charge in [0.05, 0.1) is 24.8 Å². The molecule has 2 aliphatic heterocycles. The van der Waals surface area contributed by atoms with Crippen molar-refractivity contribution in [2.75, 3.05) is 52.4 Å². The highest BCUT2D eigenvalue weighted by Gasteiger charge is 2.25. The number of amides is 1. The number of carbonyl (C=O) groups is 1. The van der Waals surface area contributed by atoms with Crippen LogP contribution < -0.4 is 16.4 Å². The van der Waals surface area contributed by atoms with Gasteiger partial charge >= 0.3 is 0 Å². The van der Waals surface area contributed by atoms with Gasteiger partial charge in [0.1, 0.15) is 5.76 Å². The molecule has 2 fully saturated rings. The molecule has 2 unspecified atom stereocenters. The van der Waals surface area contributed by atoms with Crippen molar-refractivity contribution in [3.05, 3.63) is 24.2 Å². The number of hydrogen-bond acceptors (Lipinski definition) is 5. The molecule has 32 heavy (non-hydrogen) atoms. The average Bonchev–Trinajstić information content (AvgIpc) is 3.32. The van der Waals surface area contributed by atoms with Crippen LogP contribution in [0.1, 0.15) is 57.3 Å². The third-order valence-corrected chi connectivity index (χ3v) is 6.32. The second kappa shape index (κ2) is 14.7. The molecule has 2 aliphatic rings. The van der Waals surface area contributed by atoms with Gasteiger partial charge in [-0.15, -0.1) is 24.0 Å². The molecule has 0 radical (unpaired) electrons. The molecule has 1 aromatic rings. The van der Waals surface area contributed by atoms with Crippen molar-refractivity contribution in [2.45, 2.75) is 51.5 Å². The molecule has 182 valence electrons. The van der Waals surface area contributed by atoms with Crippen molar-refractivity contribution < 1.29 is 9.21 Å². The van der Waals surface area contributed by atoms with E-state index >= 15 is 0 Å². The number of likely N-dealkylation sites (tertiary alicyclic amines) is 2. The van der Waals surface area contributed by atoms with Crippen LogP contribution in [-0.2, 0) is 4.79 Å². The fraction of sp³-hybridized carbons (Fsp3) is 0.739. The number of piperidine rings is 2. The van der Waals surface area contributed by atoms with E-state index in [-0.39, 0.29) is 41.8 Å². The van der Waals surface area contributed by atoms with E-state index in [1.165, 1.54) is 19.3 Å². The van der Waals surface area contributed by atoms with Crippen LogP contribution in [0.25, 0.3) is 0 Å². The lowest BCUT2D eigenvalue weighted by atomic mass is 9.97. The molecule has 2 saturated heterocycles. The largest absolute Gasteiger partial charge is 0.468 e. The zero-order chi connectivity index (χ0) is 21.9. The molecule has 0 bridgehead atoms.